The van der Waals surface area contributed by atoms with Crippen molar-refractivity contribution >= 4 is 11.8 Å². The maximum absolute atomic E-state index is 12.0. The van der Waals surface area contributed by atoms with Crippen LogP contribution in [0.1, 0.15) is 34.5 Å². The fourth-order valence-corrected chi connectivity index (χ4v) is 2.34. The molecule has 0 radical (unpaired) electrons. The van der Waals surface area contributed by atoms with Gasteiger partial charge in [0.25, 0.3) is 11.5 Å². The predicted molar refractivity (Wildman–Crippen MR) is 79.2 cm³/mol. The molecular formula is C15H19N3O3. The van der Waals surface area contributed by atoms with Gasteiger partial charge in [-0.1, -0.05) is 6.08 Å². The summed E-state index contributed by atoms with van der Waals surface area (Å²) in [6.07, 6.45) is 6.76. The molecule has 1 aromatic heterocycles. The summed E-state index contributed by atoms with van der Waals surface area (Å²) in [5.41, 5.74) is 1.77. The summed E-state index contributed by atoms with van der Waals surface area (Å²) in [6, 6.07) is 1.69. The predicted octanol–water partition coefficient (Wildman–Crippen LogP) is 0.286. The zero-order valence-corrected chi connectivity index (χ0v) is 12.0. The summed E-state index contributed by atoms with van der Waals surface area (Å²) in [4.78, 5) is 37.7. The van der Waals surface area contributed by atoms with E-state index in [1.807, 2.05) is 0 Å². The number of carbonyl (C=O) groups is 2. The number of aryl methyl sites for hydroxylation is 2. The Kier molecular flexibility index (Phi) is 4.92. The highest BCUT2D eigenvalue weighted by Crippen LogP contribution is 2.18. The molecule has 6 nitrogen and oxygen atoms in total. The van der Waals surface area contributed by atoms with Gasteiger partial charge in [-0.15, -0.1) is 0 Å². The van der Waals surface area contributed by atoms with E-state index in [4.69, 9.17) is 0 Å². The van der Waals surface area contributed by atoms with Crippen LogP contribution in [0.2, 0.25) is 0 Å². The average molecular weight is 289 g/mol. The first kappa shape index (κ1) is 15.0. The van der Waals surface area contributed by atoms with Crippen LogP contribution in [-0.4, -0.2) is 30.4 Å². The summed E-state index contributed by atoms with van der Waals surface area (Å²) in [5, 5.41) is 5.03. The molecule has 0 fully saturated rings. The second-order valence-electron chi connectivity index (χ2n) is 4.95. The lowest BCUT2D eigenvalue weighted by Crippen LogP contribution is -2.31. The van der Waals surface area contributed by atoms with E-state index in [0.29, 0.717) is 0 Å². The zero-order chi connectivity index (χ0) is 15.2. The fraction of sp³-hybridized carbons (Fsp3) is 0.400. The lowest BCUT2D eigenvalue weighted by Gasteiger charge is -2.15. The number of hydrogen-bond donors (Lipinski definition) is 3. The fourth-order valence-electron chi connectivity index (χ4n) is 2.34. The van der Waals surface area contributed by atoms with E-state index < -0.39 is 5.91 Å². The van der Waals surface area contributed by atoms with Crippen LogP contribution in [0.25, 0.3) is 0 Å². The summed E-state index contributed by atoms with van der Waals surface area (Å²) in [7, 11) is 1.53. The Bertz CT molecular complexity index is 632. The summed E-state index contributed by atoms with van der Waals surface area (Å²) in [5.74, 6) is -0.665. The molecule has 2 rings (SSSR count). The maximum Gasteiger partial charge on any atom is 0.261 e. The van der Waals surface area contributed by atoms with Crippen LogP contribution in [0.3, 0.4) is 0 Å². The number of hydrogen-bond acceptors (Lipinski definition) is 3. The molecule has 1 aromatic rings. The largest absolute Gasteiger partial charge is 0.356 e. The van der Waals surface area contributed by atoms with Gasteiger partial charge in [-0.25, -0.2) is 0 Å². The standard InChI is InChI=1S/C15H19N3O3/c1-16-13(19)7-4-8-17-14(20)11-9-10-5-2-3-6-12(10)18-15(11)21/h4,7,9H,2-3,5-6,8H2,1H3,(H,16,19)(H,17,20)(H,18,21)/b7-4+. The van der Waals surface area contributed by atoms with Gasteiger partial charge >= 0.3 is 0 Å². The molecule has 0 spiro atoms. The van der Waals surface area contributed by atoms with Crippen LogP contribution in [0.4, 0.5) is 0 Å². The van der Waals surface area contributed by atoms with Crippen molar-refractivity contribution in [2.45, 2.75) is 25.7 Å². The average Bonchev–Trinajstić information content (AvgIpc) is 2.50. The van der Waals surface area contributed by atoms with Crippen molar-refractivity contribution in [1.29, 1.82) is 0 Å². The summed E-state index contributed by atoms with van der Waals surface area (Å²) >= 11 is 0. The first-order valence-corrected chi connectivity index (χ1v) is 7.03. The Morgan fingerprint density at radius 3 is 2.86 bits per heavy atom. The van der Waals surface area contributed by atoms with Crippen LogP contribution >= 0.6 is 0 Å². The molecule has 6 heteroatoms. The van der Waals surface area contributed by atoms with Gasteiger partial charge in [0.1, 0.15) is 5.56 Å². The quantitative estimate of drug-likeness (QED) is 0.696. The van der Waals surface area contributed by atoms with Crippen LogP contribution in [0, 0.1) is 0 Å². The Morgan fingerprint density at radius 1 is 1.33 bits per heavy atom. The molecule has 1 aliphatic rings. The van der Waals surface area contributed by atoms with Gasteiger partial charge in [0.2, 0.25) is 5.91 Å². The van der Waals surface area contributed by atoms with Crippen molar-refractivity contribution in [2.75, 3.05) is 13.6 Å². The highest BCUT2D eigenvalue weighted by molar-refractivity contribution is 5.94. The maximum atomic E-state index is 12.0. The first-order chi connectivity index (χ1) is 10.1. The van der Waals surface area contributed by atoms with Crippen molar-refractivity contribution < 1.29 is 9.59 Å². The van der Waals surface area contributed by atoms with E-state index in [1.54, 1.807) is 6.07 Å². The lowest BCUT2D eigenvalue weighted by atomic mass is 9.95. The van der Waals surface area contributed by atoms with Crippen LogP contribution < -0.4 is 16.2 Å². The number of fused-ring (bicyclic) bond motifs is 1. The Labute approximate surface area is 122 Å². The van der Waals surface area contributed by atoms with Gasteiger partial charge in [0.15, 0.2) is 0 Å². The molecule has 0 atom stereocenters. The van der Waals surface area contributed by atoms with E-state index >= 15 is 0 Å². The highest BCUT2D eigenvalue weighted by Gasteiger charge is 2.16. The molecule has 21 heavy (non-hydrogen) atoms. The van der Waals surface area contributed by atoms with E-state index in [1.165, 1.54) is 19.2 Å². The van der Waals surface area contributed by atoms with E-state index in [-0.39, 0.29) is 23.6 Å². The van der Waals surface area contributed by atoms with E-state index in [2.05, 4.69) is 15.6 Å². The first-order valence-electron chi connectivity index (χ1n) is 7.03. The SMILES string of the molecule is CNC(=O)/C=C/CNC(=O)c1cc2c([nH]c1=O)CCCC2. The number of aromatic amines is 1. The van der Waals surface area contributed by atoms with Crippen molar-refractivity contribution in [1.82, 2.24) is 15.6 Å². The van der Waals surface area contributed by atoms with Gasteiger partial charge in [0, 0.05) is 25.4 Å². The normalized spacial score (nSPS) is 13.8. The molecule has 0 bridgehead atoms. The molecule has 0 unspecified atom stereocenters. The third kappa shape index (κ3) is 3.81. The Balaban J connectivity index is 2.04. The van der Waals surface area contributed by atoms with E-state index in [9.17, 15) is 14.4 Å². The minimum atomic E-state index is -0.425. The number of nitrogens with one attached hydrogen (secondary N) is 3. The smallest absolute Gasteiger partial charge is 0.261 e. The molecular weight excluding hydrogens is 270 g/mol. The molecule has 1 aliphatic carbocycles. The molecule has 3 N–H and O–H groups in total. The van der Waals surface area contributed by atoms with Crippen molar-refractivity contribution in [2.24, 2.45) is 0 Å². The topological polar surface area (TPSA) is 91.1 Å². The lowest BCUT2D eigenvalue weighted by molar-refractivity contribution is -0.116. The number of aromatic nitrogens is 1. The molecule has 0 saturated heterocycles. The number of H-pyrrole nitrogens is 1. The van der Waals surface area contributed by atoms with E-state index in [0.717, 1.165) is 36.9 Å². The number of amides is 2. The van der Waals surface area contributed by atoms with Crippen molar-refractivity contribution in [3.8, 4) is 0 Å². The molecule has 0 aliphatic heterocycles. The molecule has 0 saturated carbocycles. The monoisotopic (exact) mass is 289 g/mol. The molecule has 112 valence electrons. The Hall–Kier alpha value is -2.37. The van der Waals surface area contributed by atoms with Gasteiger partial charge in [0.05, 0.1) is 0 Å². The third-order valence-electron chi connectivity index (χ3n) is 3.48. The second-order valence-corrected chi connectivity index (χ2v) is 4.95. The van der Waals surface area contributed by atoms with Crippen molar-refractivity contribution in [3.05, 3.63) is 45.4 Å². The number of carbonyl (C=O) groups excluding carboxylic acids is 2. The second kappa shape index (κ2) is 6.88. The van der Waals surface area contributed by atoms with Gasteiger partial charge in [-0.05, 0) is 37.3 Å². The third-order valence-corrected chi connectivity index (χ3v) is 3.48. The molecule has 0 aromatic carbocycles. The van der Waals surface area contributed by atoms with Gasteiger partial charge < -0.3 is 15.6 Å². The van der Waals surface area contributed by atoms with Crippen LogP contribution in [0.5, 0.6) is 0 Å². The van der Waals surface area contributed by atoms with Gasteiger partial charge in [-0.2, -0.15) is 0 Å². The highest BCUT2D eigenvalue weighted by atomic mass is 16.2. The molecule has 2 amide bonds. The number of pyridine rings is 1. The Morgan fingerprint density at radius 2 is 2.10 bits per heavy atom. The molecule has 1 heterocycles. The minimum absolute atomic E-state index is 0.129. The zero-order valence-electron chi connectivity index (χ0n) is 12.0. The summed E-state index contributed by atoms with van der Waals surface area (Å²) in [6.45, 7) is 0.197. The number of rotatable bonds is 4. The van der Waals surface area contributed by atoms with Crippen LogP contribution in [0.15, 0.2) is 23.0 Å². The van der Waals surface area contributed by atoms with Crippen molar-refractivity contribution in [3.63, 3.8) is 0 Å². The van der Waals surface area contributed by atoms with Crippen LogP contribution in [-0.2, 0) is 17.6 Å². The minimum Gasteiger partial charge on any atom is -0.356 e. The summed E-state index contributed by atoms with van der Waals surface area (Å²) < 4.78 is 0. The van der Waals surface area contributed by atoms with Gasteiger partial charge in [-0.3, -0.25) is 14.4 Å². The number of likely N-dealkylation sites (N-methyl/N-ethyl adjacent to an activating group) is 1.